The first-order valence-electron chi connectivity index (χ1n) is 10.9. The number of rotatable bonds is 5. The van der Waals surface area contributed by atoms with Crippen molar-refractivity contribution in [3.05, 3.63) is 113 Å². The van der Waals surface area contributed by atoms with Gasteiger partial charge >= 0.3 is 5.97 Å². The van der Waals surface area contributed by atoms with Gasteiger partial charge in [-0.1, -0.05) is 80.6 Å². The smallest absolute Gasteiger partial charge is 0.330 e. The van der Waals surface area contributed by atoms with Gasteiger partial charge in [-0.05, 0) is 35.1 Å². The summed E-state index contributed by atoms with van der Waals surface area (Å²) >= 11 is 0. The summed E-state index contributed by atoms with van der Waals surface area (Å²) in [5.74, 6) is 2.19. The summed E-state index contributed by atoms with van der Waals surface area (Å²) in [4.78, 5) is 18.0. The Balaban J connectivity index is 1.57. The number of allylic oxidation sites excluding steroid dienone is 2. The summed E-state index contributed by atoms with van der Waals surface area (Å²) in [6.07, 6.45) is 8.83. The fourth-order valence-electron chi connectivity index (χ4n) is 4.97. The molecule has 2 aliphatic rings. The maximum absolute atomic E-state index is 13.5. The van der Waals surface area contributed by atoms with Crippen LogP contribution in [0.3, 0.4) is 0 Å². The van der Waals surface area contributed by atoms with E-state index in [-0.39, 0.29) is 11.9 Å². The van der Waals surface area contributed by atoms with E-state index in [1.807, 2.05) is 79.1 Å². The molecule has 0 amide bonds. The Labute approximate surface area is 182 Å². The van der Waals surface area contributed by atoms with Crippen LogP contribution < -0.4 is 0 Å². The number of imidazole rings is 1. The van der Waals surface area contributed by atoms with Crippen LogP contribution in [0.25, 0.3) is 0 Å². The predicted molar refractivity (Wildman–Crippen MR) is 120 cm³/mol. The van der Waals surface area contributed by atoms with E-state index in [1.54, 1.807) is 0 Å². The molecule has 1 atom stereocenters. The molecule has 1 aromatic heterocycles. The first kappa shape index (κ1) is 19.6. The quantitative estimate of drug-likeness (QED) is 0.531. The molecule has 4 nitrogen and oxygen atoms in total. The molecular formula is C27H26N2O2. The van der Waals surface area contributed by atoms with Gasteiger partial charge < -0.3 is 9.30 Å². The fraction of sp³-hybridized carbons (Fsp3) is 0.259. The second-order valence-electron chi connectivity index (χ2n) is 8.63. The van der Waals surface area contributed by atoms with E-state index in [2.05, 4.69) is 29.5 Å². The molecule has 31 heavy (non-hydrogen) atoms. The second-order valence-corrected chi connectivity index (χ2v) is 8.63. The highest BCUT2D eigenvalue weighted by Gasteiger charge is 2.53. The van der Waals surface area contributed by atoms with Crippen LogP contribution in [0.2, 0.25) is 0 Å². The van der Waals surface area contributed by atoms with Gasteiger partial charge in [-0.15, -0.1) is 0 Å². The van der Waals surface area contributed by atoms with Crippen molar-refractivity contribution < 1.29 is 9.53 Å². The summed E-state index contributed by atoms with van der Waals surface area (Å²) in [6.45, 7) is 5.15. The summed E-state index contributed by atoms with van der Waals surface area (Å²) in [5.41, 5.74) is 2.05. The van der Waals surface area contributed by atoms with Gasteiger partial charge in [0.25, 0.3) is 0 Å². The summed E-state index contributed by atoms with van der Waals surface area (Å²) in [6, 6.07) is 20.0. The Kier molecular flexibility index (Phi) is 4.85. The first-order chi connectivity index (χ1) is 15.1. The van der Waals surface area contributed by atoms with E-state index >= 15 is 0 Å². The predicted octanol–water partition coefficient (Wildman–Crippen LogP) is 5.38. The van der Waals surface area contributed by atoms with E-state index in [9.17, 15) is 4.79 Å². The Morgan fingerprint density at radius 2 is 1.71 bits per heavy atom. The number of esters is 1. The molecule has 1 aliphatic carbocycles. The van der Waals surface area contributed by atoms with Gasteiger partial charge in [0.2, 0.25) is 0 Å². The molecule has 1 unspecified atom stereocenters. The lowest BCUT2D eigenvalue weighted by Gasteiger charge is -2.32. The Morgan fingerprint density at radius 3 is 2.32 bits per heavy atom. The van der Waals surface area contributed by atoms with E-state index in [4.69, 9.17) is 4.74 Å². The number of hydrogen-bond donors (Lipinski definition) is 0. The highest BCUT2D eigenvalue weighted by atomic mass is 16.5. The lowest BCUT2D eigenvalue weighted by Crippen LogP contribution is -2.37. The molecule has 0 bridgehead atoms. The standard InChI is InChI=1S/C27H26N2O2/c1-19(2)25-28-15-16-29(25)18-20-13-14-24-23(17-20)27(26(30)31-24,21-9-5-3-6-10-21)22-11-7-4-8-12-22/h3-16,19-20H,17-18H2,1-2H3. The van der Waals surface area contributed by atoms with Crippen molar-refractivity contribution >= 4 is 5.97 Å². The van der Waals surface area contributed by atoms with Gasteiger partial charge in [-0.25, -0.2) is 9.78 Å². The van der Waals surface area contributed by atoms with Crippen LogP contribution in [0.1, 0.15) is 43.1 Å². The number of ether oxygens (including phenoxy) is 1. The molecule has 3 aromatic rings. The molecule has 156 valence electrons. The van der Waals surface area contributed by atoms with Crippen LogP contribution in [0.15, 0.2) is 96.5 Å². The molecule has 0 radical (unpaired) electrons. The number of nitrogens with zero attached hydrogens (tertiary/aromatic N) is 2. The number of carbonyl (C=O) groups is 1. The van der Waals surface area contributed by atoms with Gasteiger partial charge in [-0.3, -0.25) is 0 Å². The second kappa shape index (κ2) is 7.69. The van der Waals surface area contributed by atoms with Crippen molar-refractivity contribution in [3.8, 4) is 0 Å². The third kappa shape index (κ3) is 3.14. The molecular weight excluding hydrogens is 384 g/mol. The van der Waals surface area contributed by atoms with E-state index in [1.165, 1.54) is 0 Å². The zero-order valence-corrected chi connectivity index (χ0v) is 17.9. The van der Waals surface area contributed by atoms with Crippen molar-refractivity contribution in [1.82, 2.24) is 9.55 Å². The SMILES string of the molecule is CC(C)c1nccn1CC1C=CC2=C(C1)C(c1ccccc1)(c1ccccc1)C(=O)O2. The van der Waals surface area contributed by atoms with Crippen molar-refractivity contribution in [3.63, 3.8) is 0 Å². The molecule has 0 saturated heterocycles. The van der Waals surface area contributed by atoms with Gasteiger partial charge in [0, 0.05) is 24.9 Å². The molecule has 0 fully saturated rings. The molecule has 2 heterocycles. The topological polar surface area (TPSA) is 44.1 Å². The van der Waals surface area contributed by atoms with Gasteiger partial charge in [-0.2, -0.15) is 0 Å². The Bertz CT molecular complexity index is 1120. The first-order valence-corrected chi connectivity index (χ1v) is 10.9. The largest absolute Gasteiger partial charge is 0.425 e. The average Bonchev–Trinajstić information content (AvgIpc) is 3.37. The zero-order chi connectivity index (χ0) is 21.4. The average molecular weight is 411 g/mol. The third-order valence-corrected chi connectivity index (χ3v) is 6.35. The highest BCUT2D eigenvalue weighted by molar-refractivity contribution is 5.96. The Morgan fingerprint density at radius 1 is 1.06 bits per heavy atom. The lowest BCUT2D eigenvalue weighted by molar-refractivity contribution is -0.140. The van der Waals surface area contributed by atoms with Gasteiger partial charge in [0.1, 0.15) is 17.0 Å². The minimum atomic E-state index is -0.906. The molecule has 0 saturated carbocycles. The molecule has 5 rings (SSSR count). The number of hydrogen-bond acceptors (Lipinski definition) is 3. The number of benzene rings is 2. The monoisotopic (exact) mass is 410 g/mol. The highest BCUT2D eigenvalue weighted by Crippen LogP contribution is 2.50. The number of carbonyl (C=O) groups excluding carboxylic acids is 1. The van der Waals surface area contributed by atoms with Crippen molar-refractivity contribution in [2.75, 3.05) is 0 Å². The third-order valence-electron chi connectivity index (χ3n) is 6.35. The fourth-order valence-corrected chi connectivity index (χ4v) is 4.97. The van der Waals surface area contributed by atoms with Crippen LogP contribution >= 0.6 is 0 Å². The summed E-state index contributed by atoms with van der Waals surface area (Å²) in [7, 11) is 0. The normalized spacial score (nSPS) is 19.6. The summed E-state index contributed by atoms with van der Waals surface area (Å²) < 4.78 is 8.10. The van der Waals surface area contributed by atoms with E-state index in [0.717, 1.165) is 35.5 Å². The van der Waals surface area contributed by atoms with E-state index < -0.39 is 5.41 Å². The molecule has 1 aliphatic heterocycles. The van der Waals surface area contributed by atoms with Crippen LogP contribution in [-0.2, 0) is 21.5 Å². The minimum Gasteiger partial charge on any atom is -0.425 e. The van der Waals surface area contributed by atoms with Crippen LogP contribution in [0.5, 0.6) is 0 Å². The van der Waals surface area contributed by atoms with E-state index in [0.29, 0.717) is 11.7 Å². The van der Waals surface area contributed by atoms with Crippen molar-refractivity contribution in [1.29, 1.82) is 0 Å². The van der Waals surface area contributed by atoms with Crippen LogP contribution in [0, 0.1) is 5.92 Å². The molecule has 0 N–H and O–H groups in total. The van der Waals surface area contributed by atoms with Crippen LogP contribution in [0.4, 0.5) is 0 Å². The van der Waals surface area contributed by atoms with Crippen LogP contribution in [-0.4, -0.2) is 15.5 Å². The van der Waals surface area contributed by atoms with Crippen molar-refractivity contribution in [2.24, 2.45) is 5.92 Å². The molecule has 4 heteroatoms. The Hall–Kier alpha value is -3.40. The van der Waals surface area contributed by atoms with Crippen molar-refractivity contribution in [2.45, 2.75) is 38.1 Å². The maximum atomic E-state index is 13.5. The molecule has 2 aromatic carbocycles. The zero-order valence-electron chi connectivity index (χ0n) is 17.9. The number of aromatic nitrogens is 2. The maximum Gasteiger partial charge on any atom is 0.330 e. The lowest BCUT2D eigenvalue weighted by atomic mass is 9.66. The minimum absolute atomic E-state index is 0.217. The molecule has 0 spiro atoms. The summed E-state index contributed by atoms with van der Waals surface area (Å²) in [5, 5.41) is 0. The van der Waals surface area contributed by atoms with Gasteiger partial charge in [0.15, 0.2) is 0 Å². The van der Waals surface area contributed by atoms with Gasteiger partial charge in [0.05, 0.1) is 0 Å².